The summed E-state index contributed by atoms with van der Waals surface area (Å²) < 4.78 is 23.4. The van der Waals surface area contributed by atoms with Gasteiger partial charge in [0.1, 0.15) is 5.69 Å². The van der Waals surface area contributed by atoms with Gasteiger partial charge in [-0.3, -0.25) is 4.79 Å². The van der Waals surface area contributed by atoms with Crippen LogP contribution in [0.1, 0.15) is 22.6 Å². The molecule has 0 saturated carbocycles. The number of carbonyl (C=O) groups excluding carboxylic acids is 1. The SMILES string of the molecule is Cc1cc(C(=O)Nc2ccccc2Cl)nc(N(C)C2CCS(=O)(=O)C2)n1. The molecule has 0 aliphatic carbocycles. The molecule has 3 rings (SSSR count). The summed E-state index contributed by atoms with van der Waals surface area (Å²) in [5.74, 6) is 0.156. The van der Waals surface area contributed by atoms with Gasteiger partial charge in [-0.05, 0) is 31.5 Å². The predicted octanol–water partition coefficient (Wildman–Crippen LogP) is 2.31. The standard InChI is InChI=1S/C17H19ClN4O3S/c1-11-9-15(16(23)20-14-6-4-3-5-13(14)18)21-17(19-11)22(2)12-7-8-26(24,25)10-12/h3-6,9,12H,7-8,10H2,1-2H3,(H,20,23). The highest BCUT2D eigenvalue weighted by Crippen LogP contribution is 2.23. The Morgan fingerprint density at radius 1 is 1.31 bits per heavy atom. The fourth-order valence-corrected chi connectivity index (χ4v) is 4.78. The number of nitrogens with one attached hydrogen (secondary N) is 1. The zero-order valence-electron chi connectivity index (χ0n) is 14.4. The first kappa shape index (κ1) is 18.6. The van der Waals surface area contributed by atoms with Crippen LogP contribution in [0.4, 0.5) is 11.6 Å². The third kappa shape index (κ3) is 4.13. The highest BCUT2D eigenvalue weighted by atomic mass is 35.5. The van der Waals surface area contributed by atoms with E-state index in [1.807, 2.05) is 0 Å². The van der Waals surface area contributed by atoms with Crippen molar-refractivity contribution in [1.29, 1.82) is 0 Å². The maximum absolute atomic E-state index is 12.5. The number of carbonyl (C=O) groups is 1. The van der Waals surface area contributed by atoms with E-state index in [0.717, 1.165) is 0 Å². The van der Waals surface area contributed by atoms with Crippen molar-refractivity contribution in [2.45, 2.75) is 19.4 Å². The summed E-state index contributed by atoms with van der Waals surface area (Å²) in [6.45, 7) is 1.76. The number of aryl methyl sites for hydroxylation is 1. The van der Waals surface area contributed by atoms with Gasteiger partial charge >= 0.3 is 0 Å². The van der Waals surface area contributed by atoms with Crippen molar-refractivity contribution in [2.75, 3.05) is 28.8 Å². The largest absolute Gasteiger partial charge is 0.340 e. The van der Waals surface area contributed by atoms with Crippen LogP contribution in [0.2, 0.25) is 5.02 Å². The Kier molecular flexibility index (Phi) is 5.15. The van der Waals surface area contributed by atoms with E-state index in [4.69, 9.17) is 11.6 Å². The van der Waals surface area contributed by atoms with Crippen molar-refractivity contribution in [3.05, 3.63) is 46.7 Å². The zero-order valence-corrected chi connectivity index (χ0v) is 16.0. The minimum Gasteiger partial charge on any atom is -0.340 e. The second-order valence-electron chi connectivity index (χ2n) is 6.30. The molecule has 1 aromatic carbocycles. The number of benzene rings is 1. The average molecular weight is 395 g/mol. The molecule has 1 aromatic heterocycles. The smallest absolute Gasteiger partial charge is 0.274 e. The summed E-state index contributed by atoms with van der Waals surface area (Å²) in [5.41, 5.74) is 1.30. The molecule has 0 radical (unpaired) electrons. The van der Waals surface area contributed by atoms with Gasteiger partial charge in [-0.2, -0.15) is 0 Å². The normalized spacial score (nSPS) is 18.5. The molecule has 2 heterocycles. The van der Waals surface area contributed by atoms with Crippen molar-refractivity contribution in [3.63, 3.8) is 0 Å². The van der Waals surface area contributed by atoms with E-state index in [-0.39, 0.29) is 23.2 Å². The molecule has 1 N–H and O–H groups in total. The van der Waals surface area contributed by atoms with Crippen molar-refractivity contribution in [2.24, 2.45) is 0 Å². The lowest BCUT2D eigenvalue weighted by atomic mass is 10.2. The summed E-state index contributed by atoms with van der Waals surface area (Å²) in [5, 5.41) is 3.16. The summed E-state index contributed by atoms with van der Waals surface area (Å²) in [4.78, 5) is 22.9. The maximum atomic E-state index is 12.5. The first-order valence-electron chi connectivity index (χ1n) is 8.10. The lowest BCUT2D eigenvalue weighted by molar-refractivity contribution is 0.102. The van der Waals surface area contributed by atoms with Gasteiger partial charge in [0, 0.05) is 18.8 Å². The molecule has 1 aliphatic rings. The Balaban J connectivity index is 1.83. The molecular weight excluding hydrogens is 376 g/mol. The van der Waals surface area contributed by atoms with Gasteiger partial charge in [0.15, 0.2) is 9.84 Å². The quantitative estimate of drug-likeness (QED) is 0.855. The number of anilines is 2. The molecule has 1 aliphatic heterocycles. The van der Waals surface area contributed by atoms with E-state index >= 15 is 0 Å². The van der Waals surface area contributed by atoms with Crippen LogP contribution in [0.25, 0.3) is 0 Å². The summed E-state index contributed by atoms with van der Waals surface area (Å²) in [6.07, 6.45) is 0.525. The predicted molar refractivity (Wildman–Crippen MR) is 102 cm³/mol. The number of hydrogen-bond acceptors (Lipinski definition) is 6. The molecule has 1 amide bonds. The van der Waals surface area contributed by atoms with E-state index < -0.39 is 15.7 Å². The van der Waals surface area contributed by atoms with Gasteiger partial charge < -0.3 is 10.2 Å². The second-order valence-corrected chi connectivity index (χ2v) is 8.93. The van der Waals surface area contributed by atoms with Crippen molar-refractivity contribution in [3.8, 4) is 0 Å². The third-order valence-corrected chi connectivity index (χ3v) is 6.35. The van der Waals surface area contributed by atoms with Crippen molar-refractivity contribution in [1.82, 2.24) is 9.97 Å². The lowest BCUT2D eigenvalue weighted by Crippen LogP contribution is -2.34. The molecule has 1 atom stereocenters. The second kappa shape index (κ2) is 7.20. The maximum Gasteiger partial charge on any atom is 0.274 e. The summed E-state index contributed by atoms with van der Waals surface area (Å²) in [6, 6.07) is 8.31. The lowest BCUT2D eigenvalue weighted by Gasteiger charge is -2.23. The van der Waals surface area contributed by atoms with Gasteiger partial charge in [0.25, 0.3) is 5.91 Å². The molecule has 1 unspecified atom stereocenters. The van der Waals surface area contributed by atoms with Crippen LogP contribution in [0.15, 0.2) is 30.3 Å². The first-order chi connectivity index (χ1) is 12.2. The highest BCUT2D eigenvalue weighted by Gasteiger charge is 2.32. The van der Waals surface area contributed by atoms with Gasteiger partial charge in [-0.15, -0.1) is 0 Å². The molecule has 2 aromatic rings. The Hall–Kier alpha value is -2.19. The number of sulfone groups is 1. The third-order valence-electron chi connectivity index (χ3n) is 4.27. The molecule has 7 nitrogen and oxygen atoms in total. The van der Waals surface area contributed by atoms with E-state index in [2.05, 4.69) is 15.3 Å². The van der Waals surface area contributed by atoms with Gasteiger partial charge in [-0.25, -0.2) is 18.4 Å². The molecule has 26 heavy (non-hydrogen) atoms. The Labute approximate surface area is 157 Å². The number of aromatic nitrogens is 2. The van der Waals surface area contributed by atoms with Crippen LogP contribution >= 0.6 is 11.6 Å². The van der Waals surface area contributed by atoms with E-state index in [1.165, 1.54) is 0 Å². The van der Waals surface area contributed by atoms with Crippen LogP contribution in [0.3, 0.4) is 0 Å². The molecule has 9 heteroatoms. The number of amides is 1. The molecule has 0 spiro atoms. The molecule has 0 bridgehead atoms. The summed E-state index contributed by atoms with van der Waals surface area (Å²) in [7, 11) is -1.28. The number of halogens is 1. The highest BCUT2D eigenvalue weighted by molar-refractivity contribution is 7.91. The number of para-hydroxylation sites is 1. The Morgan fingerprint density at radius 3 is 2.69 bits per heavy atom. The van der Waals surface area contributed by atoms with Gasteiger partial charge in [0.05, 0.1) is 22.2 Å². The molecule has 1 fully saturated rings. The Morgan fingerprint density at radius 2 is 2.04 bits per heavy atom. The van der Waals surface area contributed by atoms with Crippen molar-refractivity contribution >= 4 is 39.0 Å². The average Bonchev–Trinajstić information content (AvgIpc) is 2.95. The topological polar surface area (TPSA) is 92.3 Å². The monoisotopic (exact) mass is 394 g/mol. The van der Waals surface area contributed by atoms with E-state index in [0.29, 0.717) is 28.8 Å². The van der Waals surface area contributed by atoms with Crippen LogP contribution < -0.4 is 10.2 Å². The first-order valence-corrected chi connectivity index (χ1v) is 10.3. The molecular formula is C17H19ClN4O3S. The van der Waals surface area contributed by atoms with Crippen LogP contribution in [-0.2, 0) is 9.84 Å². The van der Waals surface area contributed by atoms with E-state index in [9.17, 15) is 13.2 Å². The fraction of sp³-hybridized carbons (Fsp3) is 0.353. The molecule has 138 valence electrons. The number of nitrogens with zero attached hydrogens (tertiary/aromatic N) is 3. The minimum atomic E-state index is -3.02. The Bertz CT molecular complexity index is 949. The molecule has 1 saturated heterocycles. The van der Waals surface area contributed by atoms with Crippen LogP contribution in [-0.4, -0.2) is 48.9 Å². The van der Waals surface area contributed by atoms with Gasteiger partial charge in [0.2, 0.25) is 5.95 Å². The van der Waals surface area contributed by atoms with Gasteiger partial charge in [-0.1, -0.05) is 23.7 Å². The number of hydrogen-bond donors (Lipinski definition) is 1. The van der Waals surface area contributed by atoms with E-state index in [1.54, 1.807) is 49.2 Å². The van der Waals surface area contributed by atoms with Crippen molar-refractivity contribution < 1.29 is 13.2 Å². The minimum absolute atomic E-state index is 0.0714. The fourth-order valence-electron chi connectivity index (χ4n) is 2.82. The van der Waals surface area contributed by atoms with Crippen LogP contribution in [0, 0.1) is 6.92 Å². The van der Waals surface area contributed by atoms with Crippen LogP contribution in [0.5, 0.6) is 0 Å². The summed E-state index contributed by atoms with van der Waals surface area (Å²) >= 11 is 6.07. The number of rotatable bonds is 4. The zero-order chi connectivity index (χ0) is 18.9.